The maximum Gasteiger partial charge on any atom is 0.320 e. The van der Waals surface area contributed by atoms with Gasteiger partial charge in [-0.1, -0.05) is 56.3 Å². The van der Waals surface area contributed by atoms with E-state index >= 15 is 0 Å². The van der Waals surface area contributed by atoms with Crippen LogP contribution in [-0.4, -0.2) is 30.3 Å². The van der Waals surface area contributed by atoms with Crippen molar-refractivity contribution in [3.8, 4) is 5.75 Å². The zero-order chi connectivity index (χ0) is 19.5. The predicted molar refractivity (Wildman–Crippen MR) is 109 cm³/mol. The third-order valence-corrected chi connectivity index (χ3v) is 4.58. The van der Waals surface area contributed by atoms with Crippen LogP contribution >= 0.6 is 0 Å². The molecule has 0 spiro atoms. The monoisotopic (exact) mass is 369 g/mol. The van der Waals surface area contributed by atoms with E-state index in [9.17, 15) is 4.79 Å². The van der Waals surface area contributed by atoms with Crippen molar-refractivity contribution in [1.82, 2.24) is 5.32 Å². The van der Waals surface area contributed by atoms with Crippen LogP contribution in [0.5, 0.6) is 5.75 Å². The van der Waals surface area contributed by atoms with Crippen molar-refractivity contribution in [3.63, 3.8) is 0 Å². The van der Waals surface area contributed by atoms with Crippen molar-refractivity contribution in [2.45, 2.75) is 45.6 Å². The standard InChI is InChI=1S/C23H31NO3/c1-18(2)22(23(25)26)24-16-6-10-20-12-14-21(15-13-20)27-17-7-11-19-8-4-3-5-9-19/h3-5,8-9,12-15,18,22,24H,6-7,10-11,16-17H2,1-2H3,(H,25,26). The van der Waals surface area contributed by atoms with Crippen molar-refractivity contribution >= 4 is 5.97 Å². The molecular weight excluding hydrogens is 338 g/mol. The van der Waals surface area contributed by atoms with Gasteiger partial charge in [0.1, 0.15) is 11.8 Å². The van der Waals surface area contributed by atoms with Crippen molar-refractivity contribution in [2.75, 3.05) is 13.2 Å². The lowest BCUT2D eigenvalue weighted by atomic mass is 10.0. The Morgan fingerprint density at radius 2 is 1.59 bits per heavy atom. The van der Waals surface area contributed by atoms with Gasteiger partial charge in [-0.3, -0.25) is 4.79 Å². The number of carboxylic acids is 1. The second-order valence-electron chi connectivity index (χ2n) is 7.20. The van der Waals surface area contributed by atoms with Crippen molar-refractivity contribution in [1.29, 1.82) is 0 Å². The summed E-state index contributed by atoms with van der Waals surface area (Å²) < 4.78 is 5.81. The Morgan fingerprint density at radius 3 is 2.22 bits per heavy atom. The Morgan fingerprint density at radius 1 is 0.963 bits per heavy atom. The predicted octanol–water partition coefficient (Wildman–Crippen LogP) is 4.33. The van der Waals surface area contributed by atoms with Crippen LogP contribution in [0.25, 0.3) is 0 Å². The molecule has 0 aromatic heterocycles. The van der Waals surface area contributed by atoms with Gasteiger partial charge < -0.3 is 15.2 Å². The number of benzene rings is 2. The third kappa shape index (κ3) is 7.83. The quantitative estimate of drug-likeness (QED) is 0.547. The fourth-order valence-corrected chi connectivity index (χ4v) is 3.02. The molecule has 1 atom stereocenters. The minimum absolute atomic E-state index is 0.0841. The van der Waals surface area contributed by atoms with E-state index in [1.165, 1.54) is 11.1 Å². The SMILES string of the molecule is CC(C)C(NCCCc1ccc(OCCCc2ccccc2)cc1)C(=O)O. The van der Waals surface area contributed by atoms with Crippen molar-refractivity contribution in [2.24, 2.45) is 5.92 Å². The van der Waals surface area contributed by atoms with Crippen molar-refractivity contribution in [3.05, 3.63) is 65.7 Å². The van der Waals surface area contributed by atoms with Crippen LogP contribution in [0.4, 0.5) is 0 Å². The first-order valence-electron chi connectivity index (χ1n) is 9.78. The summed E-state index contributed by atoms with van der Waals surface area (Å²) in [4.78, 5) is 11.2. The summed E-state index contributed by atoms with van der Waals surface area (Å²) in [5.74, 6) is 0.204. The molecule has 0 aliphatic heterocycles. The summed E-state index contributed by atoms with van der Waals surface area (Å²) in [5.41, 5.74) is 2.58. The number of carboxylic acid groups (broad SMARTS) is 1. The zero-order valence-corrected chi connectivity index (χ0v) is 16.4. The number of aliphatic carboxylic acids is 1. The molecule has 146 valence electrons. The van der Waals surface area contributed by atoms with E-state index in [4.69, 9.17) is 9.84 Å². The second-order valence-corrected chi connectivity index (χ2v) is 7.20. The first-order chi connectivity index (χ1) is 13.1. The lowest BCUT2D eigenvalue weighted by molar-refractivity contribution is -0.140. The maximum atomic E-state index is 11.2. The number of carbonyl (C=O) groups is 1. The summed E-state index contributed by atoms with van der Waals surface area (Å²) in [6.45, 7) is 5.26. The van der Waals surface area contributed by atoms with Crippen molar-refractivity contribution < 1.29 is 14.6 Å². The van der Waals surface area contributed by atoms with E-state index < -0.39 is 12.0 Å². The summed E-state index contributed by atoms with van der Waals surface area (Å²) >= 11 is 0. The molecule has 0 saturated heterocycles. The number of hydrogen-bond acceptors (Lipinski definition) is 3. The van der Waals surface area contributed by atoms with E-state index in [0.717, 1.165) is 31.4 Å². The highest BCUT2D eigenvalue weighted by atomic mass is 16.5. The van der Waals surface area contributed by atoms with Gasteiger partial charge in [-0.05, 0) is 61.4 Å². The molecule has 0 radical (unpaired) electrons. The molecular formula is C23H31NO3. The van der Waals surface area contributed by atoms with Gasteiger partial charge in [-0.2, -0.15) is 0 Å². The molecule has 27 heavy (non-hydrogen) atoms. The summed E-state index contributed by atoms with van der Waals surface area (Å²) in [7, 11) is 0. The van der Waals surface area contributed by atoms with E-state index in [1.54, 1.807) is 0 Å². The topological polar surface area (TPSA) is 58.6 Å². The van der Waals surface area contributed by atoms with Gasteiger partial charge in [0.25, 0.3) is 0 Å². The van der Waals surface area contributed by atoms with E-state index in [1.807, 2.05) is 32.0 Å². The van der Waals surface area contributed by atoms with E-state index in [2.05, 4.69) is 41.7 Å². The fourth-order valence-electron chi connectivity index (χ4n) is 3.02. The average Bonchev–Trinajstić information content (AvgIpc) is 2.66. The number of nitrogens with one attached hydrogen (secondary N) is 1. The highest BCUT2D eigenvalue weighted by molar-refractivity contribution is 5.73. The average molecular weight is 370 g/mol. The molecule has 4 nitrogen and oxygen atoms in total. The number of rotatable bonds is 12. The first kappa shape index (κ1) is 21.0. The van der Waals surface area contributed by atoms with Gasteiger partial charge in [-0.15, -0.1) is 0 Å². The molecule has 0 saturated carbocycles. The Balaban J connectivity index is 1.64. The van der Waals surface area contributed by atoms with Crippen LogP contribution in [-0.2, 0) is 17.6 Å². The molecule has 0 amide bonds. The summed E-state index contributed by atoms with van der Waals surface area (Å²) in [5, 5.41) is 12.3. The third-order valence-electron chi connectivity index (χ3n) is 4.58. The summed E-state index contributed by atoms with van der Waals surface area (Å²) in [6, 6.07) is 18.2. The van der Waals surface area contributed by atoms with Crippen LogP contribution < -0.4 is 10.1 Å². The van der Waals surface area contributed by atoms with Crippen LogP contribution in [0, 0.1) is 5.92 Å². The van der Waals surface area contributed by atoms with Gasteiger partial charge in [0, 0.05) is 0 Å². The van der Waals surface area contributed by atoms with Crippen LogP contribution in [0.3, 0.4) is 0 Å². The molecule has 1 unspecified atom stereocenters. The molecule has 0 heterocycles. The molecule has 0 bridgehead atoms. The molecule has 2 aromatic rings. The molecule has 2 N–H and O–H groups in total. The van der Waals surface area contributed by atoms with Crippen LogP contribution in [0.1, 0.15) is 37.8 Å². The fraction of sp³-hybridized carbons (Fsp3) is 0.435. The highest BCUT2D eigenvalue weighted by Gasteiger charge is 2.19. The molecule has 0 fully saturated rings. The molecule has 2 rings (SSSR count). The number of aryl methyl sites for hydroxylation is 2. The molecule has 0 aliphatic carbocycles. The Kier molecular flexibility index (Phi) is 8.85. The van der Waals surface area contributed by atoms with Gasteiger partial charge >= 0.3 is 5.97 Å². The van der Waals surface area contributed by atoms with Gasteiger partial charge in [0.05, 0.1) is 6.61 Å². The largest absolute Gasteiger partial charge is 0.494 e. The lowest BCUT2D eigenvalue weighted by Crippen LogP contribution is -2.41. The second kappa shape index (κ2) is 11.4. The normalized spacial score (nSPS) is 12.1. The number of ether oxygens (including phenoxy) is 1. The lowest BCUT2D eigenvalue weighted by Gasteiger charge is -2.17. The van der Waals surface area contributed by atoms with Gasteiger partial charge in [0.15, 0.2) is 0 Å². The molecule has 4 heteroatoms. The Labute approximate surface area is 162 Å². The zero-order valence-electron chi connectivity index (χ0n) is 16.4. The molecule has 0 aliphatic rings. The number of hydrogen-bond donors (Lipinski definition) is 2. The first-order valence-corrected chi connectivity index (χ1v) is 9.78. The minimum atomic E-state index is -0.779. The van der Waals surface area contributed by atoms with Crippen LogP contribution in [0.2, 0.25) is 0 Å². The highest BCUT2D eigenvalue weighted by Crippen LogP contribution is 2.14. The Hall–Kier alpha value is -2.33. The van der Waals surface area contributed by atoms with E-state index in [0.29, 0.717) is 13.2 Å². The summed E-state index contributed by atoms with van der Waals surface area (Å²) in [6.07, 6.45) is 3.86. The Bertz CT molecular complexity index is 668. The smallest absolute Gasteiger partial charge is 0.320 e. The van der Waals surface area contributed by atoms with Crippen LogP contribution in [0.15, 0.2) is 54.6 Å². The van der Waals surface area contributed by atoms with E-state index in [-0.39, 0.29) is 5.92 Å². The minimum Gasteiger partial charge on any atom is -0.494 e. The van der Waals surface area contributed by atoms with Gasteiger partial charge in [-0.25, -0.2) is 0 Å². The maximum absolute atomic E-state index is 11.2. The van der Waals surface area contributed by atoms with Gasteiger partial charge in [0.2, 0.25) is 0 Å². The molecule has 2 aromatic carbocycles.